The monoisotopic (exact) mass is 450 g/mol. The molecule has 33 heavy (non-hydrogen) atoms. The molecule has 3 aliphatic heterocycles. The quantitative estimate of drug-likeness (QED) is 0.498. The van der Waals surface area contributed by atoms with Crippen LogP contribution in [0.15, 0.2) is 60.7 Å². The van der Waals surface area contributed by atoms with Gasteiger partial charge in [0.05, 0.1) is 29.0 Å². The Bertz CT molecular complexity index is 979. The molecule has 3 heterocycles. The van der Waals surface area contributed by atoms with E-state index in [1.54, 1.807) is 0 Å². The van der Waals surface area contributed by atoms with Crippen LogP contribution in [0.5, 0.6) is 0 Å². The minimum absolute atomic E-state index is 0.158. The van der Waals surface area contributed by atoms with E-state index in [2.05, 4.69) is 0 Å². The number of esters is 2. The highest BCUT2D eigenvalue weighted by Gasteiger charge is 2.62. The first-order valence-corrected chi connectivity index (χ1v) is 11.5. The lowest BCUT2D eigenvalue weighted by atomic mass is 9.72. The lowest BCUT2D eigenvalue weighted by molar-refractivity contribution is -0.254. The molecular weight excluding hydrogens is 419 g/mol. The standard InChI is InChI=1S/C26H31BO6/c1-25(2)23-26(3,24(29)31-16-18-12-8-5-9-13-18)14-19(20(33-25)21(27)32-23)22(28)30-15-17-10-6-4-7-11-17/h4-13,19-21,23H,14-16,27H2,1-3H3/t19?,20?,21-,23?,26?/m1/s1. The Balaban J connectivity index is 1.56. The van der Waals surface area contributed by atoms with Crippen LogP contribution in [0.4, 0.5) is 0 Å². The second-order valence-corrected chi connectivity index (χ2v) is 9.79. The van der Waals surface area contributed by atoms with Crippen molar-refractivity contribution < 1.29 is 28.5 Å². The van der Waals surface area contributed by atoms with Crippen LogP contribution in [-0.2, 0) is 41.8 Å². The minimum Gasteiger partial charge on any atom is -0.461 e. The van der Waals surface area contributed by atoms with E-state index in [0.29, 0.717) is 0 Å². The SMILES string of the molecule is B[C@@H]1OC2C(C)(C)OC1C(C(=O)OCc1ccccc1)CC2(C)C(=O)OCc1ccccc1. The normalized spacial score (nSPS) is 30.3. The first-order chi connectivity index (χ1) is 15.7. The van der Waals surface area contributed by atoms with Gasteiger partial charge in [-0.2, -0.15) is 0 Å². The van der Waals surface area contributed by atoms with E-state index in [0.717, 1.165) is 11.1 Å². The molecule has 0 aliphatic carbocycles. The Kier molecular flexibility index (Phi) is 6.64. The van der Waals surface area contributed by atoms with Gasteiger partial charge in [-0.25, -0.2) is 0 Å². The number of fused-ring (bicyclic) bond motifs is 4. The van der Waals surface area contributed by atoms with Gasteiger partial charge in [-0.15, -0.1) is 0 Å². The summed E-state index contributed by atoms with van der Waals surface area (Å²) in [5.41, 5.74) is -0.0456. The van der Waals surface area contributed by atoms with Crippen LogP contribution >= 0.6 is 0 Å². The van der Waals surface area contributed by atoms with Crippen molar-refractivity contribution in [1.29, 1.82) is 0 Å². The van der Waals surface area contributed by atoms with Crippen molar-refractivity contribution in [3.63, 3.8) is 0 Å². The fourth-order valence-corrected chi connectivity index (χ4v) is 5.10. The molecule has 3 saturated heterocycles. The van der Waals surface area contributed by atoms with Crippen LogP contribution in [0.1, 0.15) is 38.3 Å². The van der Waals surface area contributed by atoms with Gasteiger partial charge in [0.2, 0.25) is 0 Å². The molecule has 174 valence electrons. The fraction of sp³-hybridized carbons (Fsp3) is 0.462. The van der Waals surface area contributed by atoms with E-state index >= 15 is 0 Å². The van der Waals surface area contributed by atoms with Gasteiger partial charge in [-0.3, -0.25) is 9.59 Å². The van der Waals surface area contributed by atoms with Crippen LogP contribution in [0.25, 0.3) is 0 Å². The number of hydrogen-bond donors (Lipinski definition) is 0. The average Bonchev–Trinajstić information content (AvgIpc) is 2.98. The Labute approximate surface area is 196 Å². The summed E-state index contributed by atoms with van der Waals surface area (Å²) < 4.78 is 24.1. The third kappa shape index (κ3) is 4.85. The summed E-state index contributed by atoms with van der Waals surface area (Å²) in [5, 5.41) is 0. The summed E-state index contributed by atoms with van der Waals surface area (Å²) in [5.74, 6) is -1.44. The van der Waals surface area contributed by atoms with Crippen LogP contribution in [0, 0.1) is 11.3 Å². The number of ether oxygens (including phenoxy) is 4. The number of hydrogen-bond acceptors (Lipinski definition) is 6. The molecule has 0 spiro atoms. The van der Waals surface area contributed by atoms with Crippen molar-refractivity contribution in [2.45, 2.75) is 64.2 Å². The zero-order valence-corrected chi connectivity index (χ0v) is 19.7. The van der Waals surface area contributed by atoms with Gasteiger partial charge in [-0.05, 0) is 38.3 Å². The van der Waals surface area contributed by atoms with Gasteiger partial charge in [0.1, 0.15) is 27.2 Å². The predicted molar refractivity (Wildman–Crippen MR) is 125 cm³/mol. The lowest BCUT2D eigenvalue weighted by Gasteiger charge is -2.47. The van der Waals surface area contributed by atoms with E-state index in [-0.39, 0.29) is 31.6 Å². The molecule has 2 bridgehead atoms. The Hall–Kier alpha value is -2.64. The minimum atomic E-state index is -1.08. The molecule has 0 N–H and O–H groups in total. The lowest BCUT2D eigenvalue weighted by Crippen LogP contribution is -2.60. The number of benzene rings is 2. The highest BCUT2D eigenvalue weighted by atomic mass is 16.6. The Morgan fingerprint density at radius 3 is 2.06 bits per heavy atom. The van der Waals surface area contributed by atoms with Crippen molar-refractivity contribution in [1.82, 2.24) is 0 Å². The number of rotatable bonds is 6. The summed E-state index contributed by atoms with van der Waals surface area (Å²) in [6.07, 6.45) is -0.841. The zero-order valence-electron chi connectivity index (χ0n) is 19.7. The van der Waals surface area contributed by atoms with E-state index in [1.807, 2.05) is 89.3 Å². The summed E-state index contributed by atoms with van der Waals surface area (Å²) in [6, 6.07) is 18.7. The highest BCUT2D eigenvalue weighted by Crippen LogP contribution is 2.50. The van der Waals surface area contributed by atoms with Gasteiger partial charge < -0.3 is 18.9 Å². The van der Waals surface area contributed by atoms with Crippen LogP contribution < -0.4 is 0 Å². The molecule has 0 amide bonds. The maximum Gasteiger partial charge on any atom is 0.314 e. The van der Waals surface area contributed by atoms with E-state index < -0.39 is 35.1 Å². The molecule has 6 nitrogen and oxygen atoms in total. The smallest absolute Gasteiger partial charge is 0.314 e. The maximum absolute atomic E-state index is 13.5. The fourth-order valence-electron chi connectivity index (χ4n) is 5.10. The summed E-state index contributed by atoms with van der Waals surface area (Å²) in [6.45, 7) is 5.94. The molecule has 2 aromatic carbocycles. The average molecular weight is 450 g/mol. The van der Waals surface area contributed by atoms with E-state index in [4.69, 9.17) is 18.9 Å². The Morgan fingerprint density at radius 2 is 1.48 bits per heavy atom. The number of carbonyl (C=O) groups is 2. The number of carbonyl (C=O) groups excluding carboxylic acids is 2. The molecule has 0 radical (unpaired) electrons. The van der Waals surface area contributed by atoms with Gasteiger partial charge in [0.25, 0.3) is 0 Å². The molecule has 3 fully saturated rings. The molecule has 4 unspecified atom stereocenters. The predicted octanol–water partition coefficient (Wildman–Crippen LogP) is 3.02. The van der Waals surface area contributed by atoms with Crippen LogP contribution in [-0.4, -0.2) is 43.6 Å². The molecular formula is C26H31BO6. The van der Waals surface area contributed by atoms with E-state index in [9.17, 15) is 9.59 Å². The topological polar surface area (TPSA) is 71.1 Å². The molecule has 0 saturated carbocycles. The molecule has 0 aromatic heterocycles. The zero-order chi connectivity index (χ0) is 23.6. The molecule has 3 aliphatic rings. The third-order valence-electron chi connectivity index (χ3n) is 6.71. The van der Waals surface area contributed by atoms with Crippen molar-refractivity contribution in [2.75, 3.05) is 0 Å². The van der Waals surface area contributed by atoms with Crippen LogP contribution in [0.3, 0.4) is 0 Å². The first kappa shape index (κ1) is 23.5. The second-order valence-electron chi connectivity index (χ2n) is 9.79. The molecule has 5 atom stereocenters. The molecule has 5 rings (SSSR count). The first-order valence-electron chi connectivity index (χ1n) is 11.5. The van der Waals surface area contributed by atoms with Gasteiger partial charge >= 0.3 is 11.9 Å². The van der Waals surface area contributed by atoms with Crippen molar-refractivity contribution >= 4 is 19.8 Å². The van der Waals surface area contributed by atoms with Crippen molar-refractivity contribution in [2.24, 2.45) is 11.3 Å². The second kappa shape index (κ2) is 9.31. The summed E-state index contributed by atoms with van der Waals surface area (Å²) in [7, 11) is 1.88. The Morgan fingerprint density at radius 1 is 0.939 bits per heavy atom. The largest absolute Gasteiger partial charge is 0.461 e. The van der Waals surface area contributed by atoms with E-state index in [1.165, 1.54) is 0 Å². The van der Waals surface area contributed by atoms with Crippen molar-refractivity contribution in [3.05, 3.63) is 71.8 Å². The van der Waals surface area contributed by atoms with Crippen LogP contribution in [0.2, 0.25) is 0 Å². The van der Waals surface area contributed by atoms with Gasteiger partial charge in [-0.1, -0.05) is 60.7 Å². The maximum atomic E-state index is 13.5. The highest BCUT2D eigenvalue weighted by molar-refractivity contribution is 6.11. The van der Waals surface area contributed by atoms with Gasteiger partial charge in [0.15, 0.2) is 0 Å². The molecule has 7 heteroatoms. The van der Waals surface area contributed by atoms with Crippen molar-refractivity contribution in [3.8, 4) is 0 Å². The molecule has 2 aromatic rings. The van der Waals surface area contributed by atoms with Gasteiger partial charge in [0, 0.05) is 0 Å². The third-order valence-corrected chi connectivity index (χ3v) is 6.71. The summed E-state index contributed by atoms with van der Waals surface area (Å²) in [4.78, 5) is 26.7. The summed E-state index contributed by atoms with van der Waals surface area (Å²) >= 11 is 0.